The molecule has 14 heteroatoms. The first-order valence-corrected chi connectivity index (χ1v) is 16.4. The molecule has 0 radical (unpaired) electrons. The van der Waals surface area contributed by atoms with E-state index in [9.17, 15) is 60.0 Å². The van der Waals surface area contributed by atoms with Crippen molar-refractivity contribution in [3.05, 3.63) is 46.5 Å². The van der Waals surface area contributed by atoms with Gasteiger partial charge < -0.3 is 50.3 Å². The number of benzene rings is 4. The number of hydrogen-bond acceptors (Lipinski definition) is 14. The maximum absolute atomic E-state index is 13.4. The van der Waals surface area contributed by atoms with E-state index in [1.54, 1.807) is 0 Å². The number of ether oxygens (including phenoxy) is 2. The highest BCUT2D eigenvalue weighted by atomic mass is 16.5. The number of ketones is 2. The summed E-state index contributed by atoms with van der Waals surface area (Å²) in [6, 6.07) is 5.10. The summed E-state index contributed by atoms with van der Waals surface area (Å²) >= 11 is 0. The number of carbonyl (C=O) groups excluding carboxylic acids is 4. The number of Topliss-reactive ketones (excluding diaryl/α,β-unsaturated/α-hetero) is 2. The van der Waals surface area contributed by atoms with Crippen LogP contribution in [-0.2, 0) is 19.1 Å². The Bertz CT molecular complexity index is 2110. The van der Waals surface area contributed by atoms with Crippen molar-refractivity contribution < 1.29 is 69.5 Å². The van der Waals surface area contributed by atoms with Gasteiger partial charge in [-0.15, -0.1) is 0 Å². The molecule has 6 atom stereocenters. The predicted octanol–water partition coefficient (Wildman–Crippen LogP) is 4.64. The number of phenolic OH excluding ortho intramolecular Hbond substituents is 6. The van der Waals surface area contributed by atoms with Crippen molar-refractivity contribution in [1.29, 1.82) is 0 Å². The number of rotatable bonds is 5. The normalized spacial score (nSPS) is 23.9. The fourth-order valence-corrected chi connectivity index (χ4v) is 8.50. The molecule has 0 heterocycles. The Kier molecular flexibility index (Phi) is 8.35. The maximum atomic E-state index is 13.4. The van der Waals surface area contributed by atoms with Crippen LogP contribution in [0.2, 0.25) is 0 Å². The van der Waals surface area contributed by atoms with Gasteiger partial charge in [-0.25, -0.2) is 0 Å². The summed E-state index contributed by atoms with van der Waals surface area (Å²) in [7, 11) is 0. The molecule has 14 nitrogen and oxygen atoms in total. The van der Waals surface area contributed by atoms with Crippen LogP contribution in [0.1, 0.15) is 98.1 Å². The van der Waals surface area contributed by atoms with Crippen molar-refractivity contribution in [3.8, 4) is 45.6 Å². The zero-order valence-corrected chi connectivity index (χ0v) is 29.1. The van der Waals surface area contributed by atoms with E-state index >= 15 is 0 Å². The molecular weight excluding hydrogens is 680 g/mol. The van der Waals surface area contributed by atoms with Crippen LogP contribution in [0.25, 0.3) is 32.7 Å². The quantitative estimate of drug-likeness (QED) is 0.103. The Hall–Kier alpha value is -5.60. The van der Waals surface area contributed by atoms with Crippen LogP contribution >= 0.6 is 0 Å². The first-order chi connectivity index (χ1) is 24.1. The highest BCUT2D eigenvalue weighted by molar-refractivity contribution is 6.15. The smallest absolute Gasteiger partial charge is 0.302 e. The second-order valence-electron chi connectivity index (χ2n) is 14.2. The summed E-state index contributed by atoms with van der Waals surface area (Å²) in [5, 5.41) is 90.8. The predicted molar refractivity (Wildman–Crippen MR) is 184 cm³/mol. The van der Waals surface area contributed by atoms with Crippen LogP contribution in [0, 0.1) is 0 Å². The van der Waals surface area contributed by atoms with Gasteiger partial charge in [-0.3, -0.25) is 19.2 Å². The van der Waals surface area contributed by atoms with Crippen molar-refractivity contribution in [3.63, 3.8) is 0 Å². The minimum absolute atomic E-state index is 0.150. The van der Waals surface area contributed by atoms with E-state index in [1.807, 2.05) is 0 Å². The van der Waals surface area contributed by atoms with Gasteiger partial charge in [0, 0.05) is 59.7 Å². The van der Waals surface area contributed by atoms with Gasteiger partial charge in [0.2, 0.25) is 0 Å². The molecule has 4 aromatic rings. The van der Waals surface area contributed by atoms with E-state index < -0.39 is 117 Å². The Morgan fingerprint density at radius 3 is 1.25 bits per heavy atom. The topological polar surface area (TPSA) is 249 Å². The summed E-state index contributed by atoms with van der Waals surface area (Å²) < 4.78 is 10.6. The molecule has 52 heavy (non-hydrogen) atoms. The highest BCUT2D eigenvalue weighted by Gasteiger charge is 2.51. The fraction of sp³-hybridized carbons (Fsp3) is 0.368. The van der Waals surface area contributed by atoms with Crippen LogP contribution in [0.3, 0.4) is 0 Å². The number of fused-ring (bicyclic) bond motifs is 4. The van der Waals surface area contributed by atoms with Crippen LogP contribution in [0.15, 0.2) is 24.3 Å². The van der Waals surface area contributed by atoms with Gasteiger partial charge in [-0.1, -0.05) is 0 Å². The lowest BCUT2D eigenvalue weighted by atomic mass is 9.68. The molecule has 0 fully saturated rings. The minimum Gasteiger partial charge on any atom is -0.507 e. The maximum Gasteiger partial charge on any atom is 0.302 e. The van der Waals surface area contributed by atoms with Gasteiger partial charge in [0.15, 0.2) is 11.6 Å². The zero-order chi connectivity index (χ0) is 38.5. The second-order valence-corrected chi connectivity index (χ2v) is 14.2. The van der Waals surface area contributed by atoms with Gasteiger partial charge >= 0.3 is 11.9 Å². The number of esters is 2. The van der Waals surface area contributed by atoms with E-state index in [-0.39, 0.29) is 43.8 Å². The van der Waals surface area contributed by atoms with Gasteiger partial charge in [-0.05, 0) is 52.0 Å². The molecule has 0 bridgehead atoms. The highest BCUT2D eigenvalue weighted by Crippen LogP contribution is 2.58. The molecule has 0 aromatic heterocycles. The lowest BCUT2D eigenvalue weighted by molar-refractivity contribution is -0.151. The summed E-state index contributed by atoms with van der Waals surface area (Å²) in [6.07, 6.45) is -3.17. The van der Waals surface area contributed by atoms with E-state index in [0.29, 0.717) is 0 Å². The van der Waals surface area contributed by atoms with Crippen LogP contribution in [0.5, 0.6) is 34.5 Å². The Morgan fingerprint density at radius 1 is 0.615 bits per heavy atom. The number of phenols is 6. The number of carbonyl (C=O) groups is 4. The van der Waals surface area contributed by atoms with E-state index in [4.69, 9.17) is 9.47 Å². The first kappa shape index (κ1) is 36.2. The molecule has 8 N–H and O–H groups in total. The van der Waals surface area contributed by atoms with Crippen molar-refractivity contribution in [2.75, 3.05) is 0 Å². The summed E-state index contributed by atoms with van der Waals surface area (Å²) in [4.78, 5) is 50.3. The molecule has 4 aromatic carbocycles. The third kappa shape index (κ3) is 5.23. The lowest BCUT2D eigenvalue weighted by Crippen LogP contribution is -2.46. The molecule has 0 saturated heterocycles. The number of hydrogen-bond donors (Lipinski definition) is 8. The Morgan fingerprint density at radius 2 is 0.942 bits per heavy atom. The lowest BCUT2D eigenvalue weighted by Gasteiger charge is -2.41. The van der Waals surface area contributed by atoms with Crippen molar-refractivity contribution >= 4 is 45.0 Å². The van der Waals surface area contributed by atoms with Crippen LogP contribution in [0.4, 0.5) is 0 Å². The van der Waals surface area contributed by atoms with Crippen molar-refractivity contribution in [2.45, 2.75) is 89.6 Å². The van der Waals surface area contributed by atoms with Crippen LogP contribution in [-0.4, -0.2) is 87.8 Å². The fourth-order valence-electron chi connectivity index (χ4n) is 8.50. The van der Waals surface area contributed by atoms with E-state index in [0.717, 1.165) is 13.8 Å². The average molecular weight is 719 g/mol. The molecular formula is C38H38O14. The van der Waals surface area contributed by atoms with Gasteiger partial charge in [0.1, 0.15) is 46.7 Å². The Balaban J connectivity index is 1.59. The van der Waals surface area contributed by atoms with E-state index in [1.165, 1.54) is 52.0 Å². The summed E-state index contributed by atoms with van der Waals surface area (Å²) in [5.41, 5.74) is -5.11. The molecule has 0 aliphatic heterocycles. The Labute approximate surface area is 296 Å². The monoisotopic (exact) mass is 718 g/mol. The molecule has 0 saturated carbocycles. The third-order valence-electron chi connectivity index (χ3n) is 10.4. The summed E-state index contributed by atoms with van der Waals surface area (Å²) in [5.74, 6) is -9.31. The molecule has 6 rings (SSSR count). The molecule has 2 aliphatic carbocycles. The number of aromatic hydroxyl groups is 6. The minimum atomic E-state index is -1.81. The van der Waals surface area contributed by atoms with E-state index in [2.05, 4.69) is 0 Å². The van der Waals surface area contributed by atoms with Crippen molar-refractivity contribution in [2.24, 2.45) is 0 Å². The number of aliphatic hydroxyl groups is 2. The van der Waals surface area contributed by atoms with Gasteiger partial charge in [0.25, 0.3) is 0 Å². The molecule has 2 aliphatic rings. The largest absolute Gasteiger partial charge is 0.507 e. The van der Waals surface area contributed by atoms with Crippen LogP contribution < -0.4 is 0 Å². The van der Waals surface area contributed by atoms with Gasteiger partial charge in [-0.2, -0.15) is 0 Å². The molecule has 0 spiro atoms. The second kappa shape index (κ2) is 12.0. The SMILES string of the molecule is CC(=O)O[C@H](C)[C@@H]1c2c(c(O)c3c(O)c(-c4ccc5c(O)c6c(c(O)c5c4O)C(=O)C[C@](C)(O)[C@@H]6[C@@H](C)OC(C)=O)ccc3c2O)C(=O)C[C@]1(C)O. The third-order valence-corrected chi connectivity index (χ3v) is 10.4. The molecule has 0 unspecified atom stereocenters. The average Bonchev–Trinajstić information content (AvgIpc) is 3.00. The van der Waals surface area contributed by atoms with Gasteiger partial charge in [0.05, 0.1) is 44.9 Å². The molecule has 274 valence electrons. The standard InChI is InChI=1S/C38H38O14/c1-13(51-15(3)39)29-27-25(21(41)11-37(29,5)49)35(47)23-19(33(27)45)9-7-17(31(23)43)18-8-10-20-24(32(18)44)36(48)26-22(42)12-38(6,50)30(28(26)34(20)46)14(2)52-16(4)40/h7-10,13-14,29-30,43-50H,11-12H2,1-6H3/t13-,14-,29-,30-,37+,38+/m1/s1. The zero-order valence-electron chi connectivity index (χ0n) is 29.1. The summed E-state index contributed by atoms with van der Waals surface area (Å²) in [6.45, 7) is 7.91. The molecule has 0 amide bonds. The first-order valence-electron chi connectivity index (χ1n) is 16.4. The van der Waals surface area contributed by atoms with Crippen molar-refractivity contribution in [1.82, 2.24) is 0 Å².